The second kappa shape index (κ2) is 20.2. The Morgan fingerprint density at radius 2 is 1.06 bits per heavy atom. The molecule has 0 unspecified atom stereocenters. The first-order valence-corrected chi connectivity index (χ1v) is 24.9. The Bertz CT molecular complexity index is 1890. The van der Waals surface area contributed by atoms with Gasteiger partial charge in [0, 0.05) is 52.1 Å². The van der Waals surface area contributed by atoms with E-state index in [0.29, 0.717) is 49.4 Å². The predicted molar refractivity (Wildman–Crippen MR) is 285 cm³/mol. The molecule has 50 heavy (non-hydrogen) atoms. The number of nitrogens with two attached hydrogens (primary N) is 1. The highest BCUT2D eigenvalue weighted by Gasteiger charge is 2.40. The number of esters is 1. The fraction of sp³-hybridized carbons (Fsp3) is 0.133. The number of halogens is 11. The Hall–Kier alpha value is 3.17. The van der Waals surface area contributed by atoms with Gasteiger partial charge in [-0.25, -0.2) is 9.59 Å². The maximum Gasteiger partial charge on any atom is 0.336 e. The summed E-state index contributed by atoms with van der Waals surface area (Å²) in [5, 5.41) is 19.9. The fourth-order valence-electron chi connectivity index (χ4n) is 4.16. The van der Waals surface area contributed by atoms with Crippen molar-refractivity contribution in [2.45, 2.75) is 22.4 Å². The molecule has 0 amide bonds. The van der Waals surface area contributed by atoms with Crippen molar-refractivity contribution < 1.29 is 34.0 Å². The largest absolute Gasteiger partial charge is 0.506 e. The number of carboxylic acid groups (broad SMARTS) is 1. The lowest BCUT2D eigenvalue weighted by Gasteiger charge is -2.27. The van der Waals surface area contributed by atoms with Crippen LogP contribution in [0.15, 0.2) is 48.5 Å². The first-order valence-electron chi connectivity index (χ1n) is 13.3. The Labute approximate surface area is 438 Å². The molecule has 0 heterocycles. The standard InChI is InChI=1S/C30H17I11N2O7/c31-15-6-13(7-16(32)24(15)44)48-25-17(33)1-11(2-18(25)34)5-23(42)28(45)50-27-21(37)8-14(9-22(27)38)49-26-19(35)3-12(4-20(26)36)10-30(39,29(46)47)43(40)41/h1-4,6-9,23,44H,5,10,42H2,(H,46,47)/t23-,30-/m0/s1. The molecule has 20 heteroatoms. The molecule has 4 aromatic rings. The molecule has 4 N–H and O–H groups in total. The zero-order valence-electron chi connectivity index (χ0n) is 24.2. The van der Waals surface area contributed by atoms with Gasteiger partial charge in [-0.3, -0.25) is 0 Å². The normalized spacial score (nSPS) is 13.1. The summed E-state index contributed by atoms with van der Waals surface area (Å²) in [6.45, 7) is 0. The summed E-state index contributed by atoms with van der Waals surface area (Å²) < 4.78 is 24.9. The minimum absolute atomic E-state index is 0.225. The number of alkyl halides is 1. The van der Waals surface area contributed by atoms with Crippen LogP contribution in [-0.2, 0) is 22.4 Å². The van der Waals surface area contributed by atoms with Gasteiger partial charge >= 0.3 is 11.9 Å². The first kappa shape index (κ1) is 45.9. The summed E-state index contributed by atoms with van der Waals surface area (Å²) in [5.74, 6) is 1.66. The number of hydrogen-bond acceptors (Lipinski definition) is 8. The van der Waals surface area contributed by atoms with Gasteiger partial charge in [-0.15, -0.1) is 0 Å². The molecule has 0 fully saturated rings. The van der Waals surface area contributed by atoms with E-state index in [2.05, 4.69) is 181 Å². The predicted octanol–water partition coefficient (Wildman–Crippen LogP) is 12.0. The maximum absolute atomic E-state index is 13.2. The Morgan fingerprint density at radius 1 is 0.680 bits per heavy atom. The molecular formula is C30H17I11N2O7. The molecule has 2 atom stereocenters. The van der Waals surface area contributed by atoms with Crippen LogP contribution in [0.1, 0.15) is 11.1 Å². The zero-order valence-corrected chi connectivity index (χ0v) is 48.0. The Balaban J connectivity index is 1.45. The third-order valence-corrected chi connectivity index (χ3v) is 17.8. The van der Waals surface area contributed by atoms with Crippen LogP contribution >= 0.6 is 249 Å². The second-order valence-corrected chi connectivity index (χ2v) is 25.0. The average Bonchev–Trinajstić information content (AvgIpc) is 3.01. The summed E-state index contributed by atoms with van der Waals surface area (Å²) in [4.78, 5) is 25.2. The summed E-state index contributed by atoms with van der Waals surface area (Å²) in [6, 6.07) is 13.9. The van der Waals surface area contributed by atoms with Crippen LogP contribution in [0.25, 0.3) is 0 Å². The van der Waals surface area contributed by atoms with E-state index >= 15 is 0 Å². The molecule has 0 bridgehead atoms. The van der Waals surface area contributed by atoms with E-state index in [0.717, 1.165) is 25.4 Å². The first-order chi connectivity index (χ1) is 23.3. The molecule has 0 saturated carbocycles. The molecule has 4 aromatic carbocycles. The quantitative estimate of drug-likeness (QED) is 0.0317. The summed E-state index contributed by atoms with van der Waals surface area (Å²) in [7, 11) is 0. The van der Waals surface area contributed by atoms with Gasteiger partial charge in [0.05, 0.1) is 28.6 Å². The lowest BCUT2D eigenvalue weighted by Crippen LogP contribution is -2.41. The van der Waals surface area contributed by atoms with E-state index in [1.54, 1.807) is 25.6 Å². The van der Waals surface area contributed by atoms with Crippen molar-refractivity contribution in [1.29, 1.82) is 0 Å². The molecule has 266 valence electrons. The third-order valence-electron chi connectivity index (χ3n) is 6.51. The monoisotopic (exact) mass is 1910 g/mol. The molecule has 0 aliphatic rings. The highest BCUT2D eigenvalue weighted by atomic mass is 127. The number of ether oxygens (including phenoxy) is 3. The van der Waals surface area contributed by atoms with E-state index in [9.17, 15) is 19.8 Å². The van der Waals surface area contributed by atoms with Gasteiger partial charge in [-0.2, -0.15) is 1.33 Å². The topological polar surface area (TPSA) is 132 Å². The Morgan fingerprint density at radius 3 is 1.46 bits per heavy atom. The van der Waals surface area contributed by atoms with Gasteiger partial charge in [0.25, 0.3) is 0 Å². The van der Waals surface area contributed by atoms with Crippen molar-refractivity contribution >= 4 is 261 Å². The molecule has 0 spiro atoms. The molecule has 0 saturated heterocycles. The summed E-state index contributed by atoms with van der Waals surface area (Å²) >= 11 is 23.1. The van der Waals surface area contributed by atoms with Gasteiger partial charge in [-0.05, 0) is 269 Å². The van der Waals surface area contributed by atoms with E-state index in [1.807, 2.05) is 92.6 Å². The number of phenols is 1. The zero-order chi connectivity index (χ0) is 37.2. The van der Waals surface area contributed by atoms with E-state index in [1.165, 1.54) is 0 Å². The average molecular weight is 1910 g/mol. The van der Waals surface area contributed by atoms with Crippen LogP contribution in [0.5, 0.6) is 34.5 Å². The van der Waals surface area contributed by atoms with Crippen LogP contribution in [-0.4, -0.2) is 33.1 Å². The van der Waals surface area contributed by atoms with Gasteiger partial charge in [0.1, 0.15) is 23.3 Å². The lowest BCUT2D eigenvalue weighted by atomic mass is 10.1. The maximum atomic E-state index is 13.2. The Kier molecular flexibility index (Phi) is 18.6. The highest BCUT2D eigenvalue weighted by Crippen LogP contribution is 2.41. The van der Waals surface area contributed by atoms with E-state index in [4.69, 9.17) is 19.9 Å². The molecular weight excluding hydrogens is 1900 g/mol. The number of phenolic OH excluding ortho intramolecular Hbond substituents is 1. The molecule has 0 aromatic heterocycles. The van der Waals surface area contributed by atoms with Gasteiger partial charge in [0.2, 0.25) is 0 Å². The minimum Gasteiger partial charge on any atom is -0.506 e. The number of carbonyl (C=O) groups is 2. The highest BCUT2D eigenvalue weighted by molar-refractivity contribution is 14.2. The fourth-order valence-corrected chi connectivity index (χ4v) is 13.2. The summed E-state index contributed by atoms with van der Waals surface area (Å²) in [5.41, 5.74) is 8.09. The number of nitrogens with zero attached hydrogens (tertiary/aromatic N) is 1. The van der Waals surface area contributed by atoms with Crippen molar-refractivity contribution in [3.05, 3.63) is 88.2 Å². The van der Waals surface area contributed by atoms with E-state index in [-0.39, 0.29) is 12.2 Å². The number of rotatable bonds is 12. The molecule has 0 aliphatic heterocycles. The van der Waals surface area contributed by atoms with Crippen LogP contribution in [0.4, 0.5) is 0 Å². The smallest absolute Gasteiger partial charge is 0.336 e. The van der Waals surface area contributed by atoms with Gasteiger partial charge < -0.3 is 30.2 Å². The number of carboxylic acids is 1. The van der Waals surface area contributed by atoms with Crippen molar-refractivity contribution in [2.24, 2.45) is 5.73 Å². The van der Waals surface area contributed by atoms with Gasteiger partial charge in [-0.1, -0.05) is 0 Å². The summed E-state index contributed by atoms with van der Waals surface area (Å²) in [6.07, 6.45) is 0.567. The van der Waals surface area contributed by atoms with Gasteiger partial charge in [0.15, 0.2) is 20.8 Å². The third kappa shape index (κ3) is 11.9. The lowest BCUT2D eigenvalue weighted by molar-refractivity contribution is -0.140. The molecule has 4 rings (SSSR count). The molecule has 0 radical (unpaired) electrons. The number of aromatic hydroxyl groups is 1. The second-order valence-electron chi connectivity index (χ2n) is 10.1. The number of aliphatic carboxylic acids is 1. The van der Waals surface area contributed by atoms with Crippen molar-refractivity contribution in [3.8, 4) is 34.5 Å². The number of hydrogen-bond donors (Lipinski definition) is 3. The van der Waals surface area contributed by atoms with Crippen LogP contribution in [0.2, 0.25) is 0 Å². The van der Waals surface area contributed by atoms with Crippen molar-refractivity contribution in [1.82, 2.24) is 1.33 Å². The minimum atomic E-state index is -1.11. The number of benzene rings is 4. The van der Waals surface area contributed by atoms with Crippen molar-refractivity contribution in [2.75, 3.05) is 0 Å². The van der Waals surface area contributed by atoms with Crippen LogP contribution in [0.3, 0.4) is 0 Å². The molecule has 9 nitrogen and oxygen atoms in total. The van der Waals surface area contributed by atoms with Crippen molar-refractivity contribution in [3.63, 3.8) is 0 Å². The van der Waals surface area contributed by atoms with Crippen LogP contribution < -0.4 is 19.9 Å². The SMILES string of the molecule is N[C@@H](Cc1cc(I)c(Oc2cc(I)c(O)c(I)c2)c(I)c1)C(=O)Oc1c(I)cc(Oc2c(I)cc(C[C@@](I)(C(=O)O)N(I)I)cc2I)cc1I. The van der Waals surface area contributed by atoms with Crippen LogP contribution in [0, 0.1) is 28.6 Å². The number of carbonyl (C=O) groups excluding carboxylic acids is 1. The molecule has 0 aliphatic carbocycles. The van der Waals surface area contributed by atoms with E-state index < -0.39 is 21.5 Å².